The highest BCUT2D eigenvalue weighted by Crippen LogP contribution is 2.23. The second-order valence-electron chi connectivity index (χ2n) is 3.58. The van der Waals surface area contributed by atoms with Gasteiger partial charge in [-0.05, 0) is 12.5 Å². The molecule has 88 valence electrons. The number of nitrogens with zero attached hydrogens (tertiary/aromatic N) is 2. The summed E-state index contributed by atoms with van der Waals surface area (Å²) in [6.07, 6.45) is 0. The first-order valence-electron chi connectivity index (χ1n) is 5.13. The van der Waals surface area contributed by atoms with E-state index in [1.165, 1.54) is 0 Å². The van der Waals surface area contributed by atoms with E-state index in [0.717, 1.165) is 5.56 Å². The number of ether oxygens (including phenoxy) is 1. The van der Waals surface area contributed by atoms with Crippen molar-refractivity contribution in [2.24, 2.45) is 0 Å². The third-order valence-electron chi connectivity index (χ3n) is 2.28. The van der Waals surface area contributed by atoms with Crippen LogP contribution in [0.4, 0.5) is 5.95 Å². The number of halogens is 1. The second kappa shape index (κ2) is 5.01. The maximum absolute atomic E-state index is 5.89. The average molecular weight is 250 g/mol. The van der Waals surface area contributed by atoms with Gasteiger partial charge in [-0.25, -0.2) is 4.98 Å². The Morgan fingerprint density at radius 2 is 1.94 bits per heavy atom. The maximum Gasteiger partial charge on any atom is 0.224 e. The standard InChI is InChI=1S/C12H12ClN3O/c1-8-10(13)15-12(14)16-11(8)17-7-9-5-3-2-4-6-9/h2-6H,7H2,1H3,(H2,14,15,16). The van der Waals surface area contributed by atoms with Gasteiger partial charge in [0.1, 0.15) is 11.8 Å². The summed E-state index contributed by atoms with van der Waals surface area (Å²) in [7, 11) is 0. The van der Waals surface area contributed by atoms with Crippen molar-refractivity contribution in [3.05, 3.63) is 46.6 Å². The minimum atomic E-state index is 0.115. The van der Waals surface area contributed by atoms with Crippen LogP contribution in [0.25, 0.3) is 0 Å². The van der Waals surface area contributed by atoms with Crippen molar-refractivity contribution in [3.63, 3.8) is 0 Å². The van der Waals surface area contributed by atoms with Gasteiger partial charge in [0, 0.05) is 5.56 Å². The largest absolute Gasteiger partial charge is 0.472 e. The van der Waals surface area contributed by atoms with Gasteiger partial charge in [0.2, 0.25) is 11.8 Å². The highest BCUT2D eigenvalue weighted by Gasteiger charge is 2.08. The fourth-order valence-electron chi connectivity index (χ4n) is 1.35. The summed E-state index contributed by atoms with van der Waals surface area (Å²) in [5.74, 6) is 0.537. The van der Waals surface area contributed by atoms with E-state index in [0.29, 0.717) is 23.2 Å². The van der Waals surface area contributed by atoms with E-state index in [4.69, 9.17) is 22.1 Å². The number of hydrogen-bond acceptors (Lipinski definition) is 4. The molecule has 17 heavy (non-hydrogen) atoms. The third kappa shape index (κ3) is 2.85. The highest BCUT2D eigenvalue weighted by atomic mass is 35.5. The molecule has 5 heteroatoms. The molecule has 0 radical (unpaired) electrons. The quantitative estimate of drug-likeness (QED) is 0.850. The maximum atomic E-state index is 5.89. The molecule has 4 nitrogen and oxygen atoms in total. The van der Waals surface area contributed by atoms with E-state index in [1.54, 1.807) is 6.92 Å². The zero-order chi connectivity index (χ0) is 12.3. The number of aromatic nitrogens is 2. The number of nitrogen functional groups attached to an aromatic ring is 1. The number of rotatable bonds is 3. The van der Waals surface area contributed by atoms with Gasteiger partial charge >= 0.3 is 0 Å². The predicted molar refractivity (Wildman–Crippen MR) is 67.0 cm³/mol. The van der Waals surface area contributed by atoms with E-state index < -0.39 is 0 Å². The van der Waals surface area contributed by atoms with Crippen LogP contribution in [-0.4, -0.2) is 9.97 Å². The van der Waals surface area contributed by atoms with Gasteiger partial charge in [0.05, 0.1) is 0 Å². The number of nitrogens with two attached hydrogens (primary N) is 1. The molecule has 0 atom stereocenters. The van der Waals surface area contributed by atoms with Gasteiger partial charge in [-0.1, -0.05) is 41.9 Å². The fraction of sp³-hybridized carbons (Fsp3) is 0.167. The number of hydrogen-bond donors (Lipinski definition) is 1. The summed E-state index contributed by atoms with van der Waals surface area (Å²) in [5.41, 5.74) is 7.26. The van der Waals surface area contributed by atoms with Gasteiger partial charge in [-0.2, -0.15) is 4.98 Å². The lowest BCUT2D eigenvalue weighted by molar-refractivity contribution is 0.291. The van der Waals surface area contributed by atoms with E-state index in [2.05, 4.69) is 9.97 Å². The molecule has 0 bridgehead atoms. The van der Waals surface area contributed by atoms with Crippen LogP contribution in [-0.2, 0) is 6.61 Å². The van der Waals surface area contributed by atoms with Crippen molar-refractivity contribution >= 4 is 17.5 Å². The van der Waals surface area contributed by atoms with Crippen LogP contribution in [0.1, 0.15) is 11.1 Å². The summed E-state index contributed by atoms with van der Waals surface area (Å²) in [6, 6.07) is 9.80. The summed E-state index contributed by atoms with van der Waals surface area (Å²) in [4.78, 5) is 7.85. The van der Waals surface area contributed by atoms with Gasteiger partial charge in [0.25, 0.3) is 0 Å². The normalized spacial score (nSPS) is 10.2. The van der Waals surface area contributed by atoms with E-state index in [1.807, 2.05) is 30.3 Å². The Bertz CT molecular complexity index is 517. The van der Waals surface area contributed by atoms with E-state index >= 15 is 0 Å². The molecule has 1 heterocycles. The number of anilines is 1. The molecule has 2 aromatic rings. The number of benzene rings is 1. The van der Waals surface area contributed by atoms with Crippen molar-refractivity contribution in [1.29, 1.82) is 0 Å². The monoisotopic (exact) mass is 249 g/mol. The predicted octanol–water partition coefficient (Wildman–Crippen LogP) is 2.60. The molecule has 0 saturated carbocycles. The van der Waals surface area contributed by atoms with Gasteiger partial charge in [-0.3, -0.25) is 0 Å². The summed E-state index contributed by atoms with van der Waals surface area (Å²) in [6.45, 7) is 2.22. The van der Waals surface area contributed by atoms with E-state index in [9.17, 15) is 0 Å². The van der Waals surface area contributed by atoms with Crippen molar-refractivity contribution in [2.45, 2.75) is 13.5 Å². The minimum Gasteiger partial charge on any atom is -0.472 e. The molecule has 0 spiro atoms. The highest BCUT2D eigenvalue weighted by molar-refractivity contribution is 6.30. The lowest BCUT2D eigenvalue weighted by Gasteiger charge is -2.09. The SMILES string of the molecule is Cc1c(Cl)nc(N)nc1OCc1ccccc1. The first-order valence-corrected chi connectivity index (χ1v) is 5.51. The molecule has 0 fully saturated rings. The molecule has 2 rings (SSSR count). The third-order valence-corrected chi connectivity index (χ3v) is 2.65. The molecule has 0 aliphatic rings. The molecule has 1 aromatic carbocycles. The van der Waals surface area contributed by atoms with Gasteiger partial charge in [-0.15, -0.1) is 0 Å². The molecule has 0 aliphatic heterocycles. The van der Waals surface area contributed by atoms with Crippen LogP contribution in [0.2, 0.25) is 5.15 Å². The lowest BCUT2D eigenvalue weighted by Crippen LogP contribution is -2.03. The molecule has 1 aromatic heterocycles. The zero-order valence-corrected chi connectivity index (χ0v) is 10.1. The molecule has 0 unspecified atom stereocenters. The van der Waals surface area contributed by atoms with Crippen molar-refractivity contribution in [2.75, 3.05) is 5.73 Å². The van der Waals surface area contributed by atoms with Crippen molar-refractivity contribution < 1.29 is 4.74 Å². The van der Waals surface area contributed by atoms with Crippen molar-refractivity contribution in [1.82, 2.24) is 9.97 Å². The van der Waals surface area contributed by atoms with Gasteiger partial charge in [0.15, 0.2) is 0 Å². The molecular weight excluding hydrogens is 238 g/mol. The van der Waals surface area contributed by atoms with Crippen LogP contribution < -0.4 is 10.5 Å². The first kappa shape index (κ1) is 11.7. The summed E-state index contributed by atoms with van der Waals surface area (Å²) >= 11 is 5.89. The Morgan fingerprint density at radius 1 is 1.24 bits per heavy atom. The van der Waals surface area contributed by atoms with Crippen LogP contribution in [0.3, 0.4) is 0 Å². The first-order chi connectivity index (χ1) is 8.16. The molecule has 2 N–H and O–H groups in total. The van der Waals surface area contributed by atoms with Crippen LogP contribution in [0.5, 0.6) is 5.88 Å². The van der Waals surface area contributed by atoms with Gasteiger partial charge < -0.3 is 10.5 Å². The minimum absolute atomic E-state index is 0.115. The summed E-state index contributed by atoms with van der Waals surface area (Å²) in [5, 5.41) is 0.320. The Kier molecular flexibility index (Phi) is 3.44. The zero-order valence-electron chi connectivity index (χ0n) is 9.35. The van der Waals surface area contributed by atoms with E-state index in [-0.39, 0.29) is 5.95 Å². The fourth-order valence-corrected chi connectivity index (χ4v) is 1.52. The Balaban J connectivity index is 2.14. The second-order valence-corrected chi connectivity index (χ2v) is 3.94. The van der Waals surface area contributed by atoms with Crippen LogP contribution in [0, 0.1) is 6.92 Å². The Hall–Kier alpha value is -1.81. The summed E-state index contributed by atoms with van der Waals surface area (Å²) < 4.78 is 5.57. The van der Waals surface area contributed by atoms with Crippen LogP contribution in [0.15, 0.2) is 30.3 Å². The van der Waals surface area contributed by atoms with Crippen LogP contribution >= 0.6 is 11.6 Å². The molecular formula is C12H12ClN3O. The smallest absolute Gasteiger partial charge is 0.224 e. The topological polar surface area (TPSA) is 61.0 Å². The van der Waals surface area contributed by atoms with Crippen molar-refractivity contribution in [3.8, 4) is 5.88 Å². The Labute approximate surface area is 104 Å². The molecule has 0 aliphatic carbocycles. The molecule has 0 saturated heterocycles. The average Bonchev–Trinajstić information content (AvgIpc) is 2.33. The lowest BCUT2D eigenvalue weighted by atomic mass is 10.2. The molecule has 0 amide bonds. The Morgan fingerprint density at radius 3 is 2.65 bits per heavy atom.